The quantitative estimate of drug-likeness (QED) is 0.435. The van der Waals surface area contributed by atoms with E-state index in [9.17, 15) is 0 Å². The van der Waals surface area contributed by atoms with E-state index in [1.165, 1.54) is 0 Å². The molecule has 0 heterocycles. The molecule has 0 heteroatoms. The van der Waals surface area contributed by atoms with Gasteiger partial charge < -0.3 is 0 Å². The van der Waals surface area contributed by atoms with Crippen molar-refractivity contribution in [3.05, 3.63) is 109 Å². The Balaban J connectivity index is 2.36. The zero-order chi connectivity index (χ0) is 18.5. The normalized spacial score (nSPS) is 10.2. The van der Waals surface area contributed by atoms with Crippen LogP contribution >= 0.6 is 0 Å². The number of benzene rings is 3. The van der Waals surface area contributed by atoms with Gasteiger partial charge in [-0.2, -0.15) is 0 Å². The molecule has 126 valence electrons. The molecule has 0 radical (unpaired) electrons. The summed E-state index contributed by atoms with van der Waals surface area (Å²) in [5.41, 5.74) is 8.92. The minimum atomic E-state index is 1.08. The Kier molecular flexibility index (Phi) is 5.15. The van der Waals surface area contributed by atoms with Gasteiger partial charge in [-0.15, -0.1) is 0 Å². The van der Waals surface area contributed by atoms with E-state index in [-0.39, 0.29) is 0 Å². The Hall–Kier alpha value is -3.38. The second-order valence-electron chi connectivity index (χ2n) is 6.02. The molecule has 0 saturated carbocycles. The largest absolute Gasteiger partial charge is 0.0984 e. The van der Waals surface area contributed by atoms with Crippen molar-refractivity contribution in [2.24, 2.45) is 0 Å². The van der Waals surface area contributed by atoms with Gasteiger partial charge in [0.1, 0.15) is 0 Å². The minimum absolute atomic E-state index is 1.08. The van der Waals surface area contributed by atoms with E-state index >= 15 is 0 Å². The summed E-state index contributed by atoms with van der Waals surface area (Å²) in [6.07, 6.45) is 7.57. The molecule has 0 aliphatic heterocycles. The van der Waals surface area contributed by atoms with Crippen LogP contribution in [0.15, 0.2) is 87.0 Å². The fourth-order valence-electron chi connectivity index (χ4n) is 3.28. The lowest BCUT2D eigenvalue weighted by atomic mass is 9.87. The molecule has 0 N–H and O–H groups in total. The highest BCUT2D eigenvalue weighted by atomic mass is 14.2. The lowest BCUT2D eigenvalue weighted by molar-refractivity contribution is 1.53. The van der Waals surface area contributed by atoms with Crippen molar-refractivity contribution in [3.63, 3.8) is 0 Å². The Morgan fingerprint density at radius 1 is 0.423 bits per heavy atom. The van der Waals surface area contributed by atoms with E-state index in [4.69, 9.17) is 0 Å². The second-order valence-corrected chi connectivity index (χ2v) is 6.02. The monoisotopic (exact) mass is 334 g/mol. The van der Waals surface area contributed by atoms with E-state index < -0.39 is 0 Å². The van der Waals surface area contributed by atoms with Gasteiger partial charge in [0.25, 0.3) is 0 Å². The Labute approximate surface area is 156 Å². The molecule has 0 bridgehead atoms. The molecule has 0 aliphatic carbocycles. The van der Waals surface area contributed by atoms with Crippen LogP contribution in [0, 0.1) is 0 Å². The average Bonchev–Trinajstić information content (AvgIpc) is 2.72. The first-order chi connectivity index (χ1) is 12.7. The molecular formula is C26H22. The Bertz CT molecular complexity index is 924. The lowest BCUT2D eigenvalue weighted by Gasteiger charge is -2.16. The van der Waals surface area contributed by atoms with E-state index in [0.29, 0.717) is 0 Å². The predicted octanol–water partition coefficient (Wildman–Crippen LogP) is 7.59. The summed E-state index contributed by atoms with van der Waals surface area (Å²) >= 11 is 0. The first kappa shape index (κ1) is 17.4. The smallest absolute Gasteiger partial charge is 0.00990 e. The van der Waals surface area contributed by atoms with Gasteiger partial charge >= 0.3 is 0 Å². The molecule has 0 fully saturated rings. The highest BCUT2D eigenvalue weighted by molar-refractivity contribution is 5.90. The minimum Gasteiger partial charge on any atom is -0.0984 e. The fourth-order valence-corrected chi connectivity index (χ4v) is 3.28. The number of hydrogen-bond donors (Lipinski definition) is 0. The molecule has 0 amide bonds. The van der Waals surface area contributed by atoms with Crippen molar-refractivity contribution in [3.8, 4) is 22.3 Å². The van der Waals surface area contributed by atoms with Gasteiger partial charge in [0.15, 0.2) is 0 Å². The summed E-state index contributed by atoms with van der Waals surface area (Å²) in [4.78, 5) is 0. The van der Waals surface area contributed by atoms with Crippen molar-refractivity contribution in [2.75, 3.05) is 0 Å². The maximum Gasteiger partial charge on any atom is -0.00990 e. The zero-order valence-corrected chi connectivity index (χ0v) is 14.9. The van der Waals surface area contributed by atoms with Crippen LogP contribution in [0.1, 0.15) is 22.3 Å². The van der Waals surface area contributed by atoms with Gasteiger partial charge in [-0.3, -0.25) is 0 Å². The highest BCUT2D eigenvalue weighted by Gasteiger charge is 2.13. The highest BCUT2D eigenvalue weighted by Crippen LogP contribution is 2.37. The molecule has 0 atom stereocenters. The number of rotatable bonds is 6. The van der Waals surface area contributed by atoms with Crippen LogP contribution in [0.2, 0.25) is 0 Å². The van der Waals surface area contributed by atoms with Crippen molar-refractivity contribution in [2.45, 2.75) is 0 Å². The standard InChI is InChI=1S/C26H22/c1-5-19-13-9-11-15-23(19)25-18-26(22(8-4)17-21(25)7-3)24-16-12-10-14-20(24)6-2/h5-18H,1-4H2. The molecule has 3 rings (SSSR count). The first-order valence-corrected chi connectivity index (χ1v) is 8.60. The SMILES string of the molecule is C=Cc1ccccc1-c1cc(-c2ccccc2C=C)c(C=C)cc1C=C. The molecule has 0 saturated heterocycles. The van der Waals surface area contributed by atoms with Crippen LogP contribution in [0.3, 0.4) is 0 Å². The fraction of sp³-hybridized carbons (Fsp3) is 0. The molecule has 0 spiro atoms. The number of hydrogen-bond acceptors (Lipinski definition) is 0. The van der Waals surface area contributed by atoms with Crippen molar-refractivity contribution in [1.29, 1.82) is 0 Å². The summed E-state index contributed by atoms with van der Waals surface area (Å²) in [6.45, 7) is 15.9. The Morgan fingerprint density at radius 2 is 0.808 bits per heavy atom. The van der Waals surface area contributed by atoms with Crippen LogP contribution in [0.25, 0.3) is 46.6 Å². The van der Waals surface area contributed by atoms with E-state index in [2.05, 4.69) is 62.7 Å². The van der Waals surface area contributed by atoms with Gasteiger partial charge in [-0.25, -0.2) is 0 Å². The summed E-state index contributed by atoms with van der Waals surface area (Å²) in [5.74, 6) is 0. The Morgan fingerprint density at radius 3 is 1.19 bits per heavy atom. The third-order valence-electron chi connectivity index (χ3n) is 4.60. The maximum atomic E-state index is 4.01. The summed E-state index contributed by atoms with van der Waals surface area (Å²) < 4.78 is 0. The molecule has 0 unspecified atom stereocenters. The van der Waals surface area contributed by atoms with Crippen LogP contribution < -0.4 is 0 Å². The van der Waals surface area contributed by atoms with Crippen LogP contribution in [-0.2, 0) is 0 Å². The predicted molar refractivity (Wildman–Crippen MR) is 118 cm³/mol. The van der Waals surface area contributed by atoms with Gasteiger partial charge in [0.05, 0.1) is 0 Å². The molecular weight excluding hydrogens is 312 g/mol. The maximum absolute atomic E-state index is 4.01. The summed E-state index contributed by atoms with van der Waals surface area (Å²) in [7, 11) is 0. The topological polar surface area (TPSA) is 0 Å². The molecule has 26 heavy (non-hydrogen) atoms. The van der Waals surface area contributed by atoms with Crippen molar-refractivity contribution in [1.82, 2.24) is 0 Å². The summed E-state index contributed by atoms with van der Waals surface area (Å²) in [6, 6.07) is 20.9. The second kappa shape index (κ2) is 7.67. The van der Waals surface area contributed by atoms with Crippen LogP contribution in [0.5, 0.6) is 0 Å². The van der Waals surface area contributed by atoms with Crippen molar-refractivity contribution >= 4 is 24.3 Å². The van der Waals surface area contributed by atoms with E-state index in [1.807, 2.05) is 48.6 Å². The zero-order valence-electron chi connectivity index (χ0n) is 14.9. The summed E-state index contributed by atoms with van der Waals surface area (Å²) in [5, 5.41) is 0. The average molecular weight is 334 g/mol. The van der Waals surface area contributed by atoms with Crippen LogP contribution in [-0.4, -0.2) is 0 Å². The first-order valence-electron chi connectivity index (χ1n) is 8.60. The lowest BCUT2D eigenvalue weighted by Crippen LogP contribution is -1.93. The third-order valence-corrected chi connectivity index (χ3v) is 4.60. The molecule has 3 aromatic carbocycles. The van der Waals surface area contributed by atoms with E-state index in [1.54, 1.807) is 0 Å². The molecule has 0 aliphatic rings. The van der Waals surface area contributed by atoms with Gasteiger partial charge in [-0.05, 0) is 56.6 Å². The molecule has 0 nitrogen and oxygen atoms in total. The van der Waals surface area contributed by atoms with Gasteiger partial charge in [0, 0.05) is 0 Å². The molecule has 0 aromatic heterocycles. The van der Waals surface area contributed by atoms with Gasteiger partial charge in [-0.1, -0.05) is 99.2 Å². The van der Waals surface area contributed by atoms with E-state index in [0.717, 1.165) is 44.5 Å². The third kappa shape index (κ3) is 3.10. The van der Waals surface area contributed by atoms with Crippen LogP contribution in [0.4, 0.5) is 0 Å². The molecule has 3 aromatic rings. The van der Waals surface area contributed by atoms with Crippen molar-refractivity contribution < 1.29 is 0 Å². The van der Waals surface area contributed by atoms with Gasteiger partial charge in [0.2, 0.25) is 0 Å².